The summed E-state index contributed by atoms with van der Waals surface area (Å²) >= 11 is 0. The number of rotatable bonds is 8. The molecule has 0 amide bonds. The molecule has 0 bridgehead atoms. The van der Waals surface area contributed by atoms with Gasteiger partial charge in [0.05, 0.1) is 11.2 Å². The summed E-state index contributed by atoms with van der Waals surface area (Å²) in [6.07, 6.45) is 3.72. The van der Waals surface area contributed by atoms with Crippen LogP contribution in [0.3, 0.4) is 0 Å². The topological polar surface area (TPSA) is 55.5 Å². The Morgan fingerprint density at radius 2 is 1.80 bits per heavy atom. The van der Waals surface area contributed by atoms with E-state index < -0.39 is 5.60 Å². The normalized spacial score (nSPS) is 16.4. The van der Waals surface area contributed by atoms with Crippen LogP contribution in [0.4, 0.5) is 0 Å². The number of unbranched alkanes of at least 4 members (excludes halogenated alkanes) is 1. The highest BCUT2D eigenvalue weighted by Gasteiger charge is 2.18. The van der Waals surface area contributed by atoms with Crippen LogP contribution >= 0.6 is 0 Å². The number of hydrogen-bond donors (Lipinski definition) is 2. The average molecular weight is 217 g/mol. The first-order valence-electron chi connectivity index (χ1n) is 5.89. The van der Waals surface area contributed by atoms with Crippen LogP contribution in [0.5, 0.6) is 0 Å². The molecule has 0 aromatic heterocycles. The summed E-state index contributed by atoms with van der Waals surface area (Å²) in [5, 5.41) is 9.66. The third-order valence-corrected chi connectivity index (χ3v) is 2.89. The quantitative estimate of drug-likeness (QED) is 0.612. The van der Waals surface area contributed by atoms with Crippen molar-refractivity contribution in [1.82, 2.24) is 0 Å². The Kier molecular flexibility index (Phi) is 6.41. The van der Waals surface area contributed by atoms with Gasteiger partial charge in [-0.15, -0.1) is 0 Å². The Morgan fingerprint density at radius 3 is 2.27 bits per heavy atom. The fourth-order valence-corrected chi connectivity index (χ4v) is 1.16. The van der Waals surface area contributed by atoms with Gasteiger partial charge in [-0.2, -0.15) is 0 Å². The molecule has 1 atom stereocenters. The third-order valence-electron chi connectivity index (χ3n) is 2.89. The van der Waals surface area contributed by atoms with Gasteiger partial charge in [0.2, 0.25) is 0 Å². The second-order valence-corrected chi connectivity index (χ2v) is 5.12. The van der Waals surface area contributed by atoms with Gasteiger partial charge in [-0.25, -0.2) is 0 Å². The predicted molar refractivity (Wildman–Crippen MR) is 63.9 cm³/mol. The number of nitrogens with two attached hydrogens (primary N) is 1. The summed E-state index contributed by atoms with van der Waals surface area (Å²) in [6, 6.07) is 0. The van der Waals surface area contributed by atoms with E-state index >= 15 is 0 Å². The minimum atomic E-state index is -0.708. The van der Waals surface area contributed by atoms with Crippen molar-refractivity contribution >= 4 is 0 Å². The van der Waals surface area contributed by atoms with Crippen molar-refractivity contribution in [2.75, 3.05) is 13.2 Å². The maximum absolute atomic E-state index is 9.66. The van der Waals surface area contributed by atoms with Gasteiger partial charge >= 0.3 is 0 Å². The molecular weight excluding hydrogens is 190 g/mol. The molecule has 0 aliphatic carbocycles. The molecule has 3 nitrogen and oxygen atoms in total. The molecule has 0 fully saturated rings. The van der Waals surface area contributed by atoms with Crippen LogP contribution in [0.2, 0.25) is 0 Å². The zero-order valence-corrected chi connectivity index (χ0v) is 10.7. The molecule has 0 saturated carbocycles. The maximum atomic E-state index is 9.66. The van der Waals surface area contributed by atoms with Gasteiger partial charge in [-0.3, -0.25) is 0 Å². The Hall–Kier alpha value is -0.120. The first-order valence-corrected chi connectivity index (χ1v) is 5.89. The summed E-state index contributed by atoms with van der Waals surface area (Å²) in [7, 11) is 0. The molecule has 3 heteroatoms. The second kappa shape index (κ2) is 6.46. The van der Waals surface area contributed by atoms with Gasteiger partial charge in [0.15, 0.2) is 0 Å². The van der Waals surface area contributed by atoms with E-state index in [1.54, 1.807) is 6.92 Å². The van der Waals surface area contributed by atoms with E-state index in [-0.39, 0.29) is 5.60 Å². The summed E-state index contributed by atoms with van der Waals surface area (Å²) in [4.78, 5) is 0. The Labute approximate surface area is 94.0 Å². The standard InChI is InChI=1S/C12H27NO2/c1-5-11(2,3)15-9-7-6-8-12(4,14)10-13/h14H,5-10,13H2,1-4H3. The summed E-state index contributed by atoms with van der Waals surface area (Å²) in [5.74, 6) is 0. The van der Waals surface area contributed by atoms with Crippen LogP contribution in [0, 0.1) is 0 Å². The van der Waals surface area contributed by atoms with Crippen molar-refractivity contribution in [2.45, 2.75) is 64.6 Å². The van der Waals surface area contributed by atoms with E-state index in [1.165, 1.54) is 0 Å². The van der Waals surface area contributed by atoms with E-state index in [2.05, 4.69) is 20.8 Å². The molecule has 1 unspecified atom stereocenters. The third kappa shape index (κ3) is 7.77. The Morgan fingerprint density at radius 1 is 1.20 bits per heavy atom. The summed E-state index contributed by atoms with van der Waals surface area (Å²) in [5.41, 5.74) is 4.71. The highest BCUT2D eigenvalue weighted by molar-refractivity contribution is 4.73. The lowest BCUT2D eigenvalue weighted by molar-refractivity contribution is -0.0240. The minimum Gasteiger partial charge on any atom is -0.389 e. The molecular formula is C12H27NO2. The van der Waals surface area contributed by atoms with E-state index in [0.717, 1.165) is 32.3 Å². The second-order valence-electron chi connectivity index (χ2n) is 5.12. The lowest BCUT2D eigenvalue weighted by Crippen LogP contribution is -2.34. The Balaban J connectivity index is 3.48. The molecule has 0 rings (SSSR count). The van der Waals surface area contributed by atoms with E-state index in [0.29, 0.717) is 6.54 Å². The van der Waals surface area contributed by atoms with Crippen LogP contribution < -0.4 is 5.73 Å². The Bertz CT molecular complexity index is 149. The maximum Gasteiger partial charge on any atom is 0.0741 e. The van der Waals surface area contributed by atoms with Crippen LogP contribution in [0.1, 0.15) is 53.4 Å². The molecule has 0 spiro atoms. The highest BCUT2D eigenvalue weighted by atomic mass is 16.5. The number of aliphatic hydroxyl groups is 1. The molecule has 0 saturated heterocycles. The minimum absolute atomic E-state index is 0.0175. The lowest BCUT2D eigenvalue weighted by Gasteiger charge is -2.24. The van der Waals surface area contributed by atoms with E-state index in [4.69, 9.17) is 10.5 Å². The largest absolute Gasteiger partial charge is 0.389 e. The fourth-order valence-electron chi connectivity index (χ4n) is 1.16. The molecule has 0 aliphatic rings. The first-order chi connectivity index (χ1) is 6.83. The number of ether oxygens (including phenoxy) is 1. The molecule has 0 aromatic carbocycles. The molecule has 3 N–H and O–H groups in total. The van der Waals surface area contributed by atoms with Gasteiger partial charge in [0.25, 0.3) is 0 Å². The van der Waals surface area contributed by atoms with Crippen LogP contribution in [0.15, 0.2) is 0 Å². The van der Waals surface area contributed by atoms with Crippen molar-refractivity contribution in [1.29, 1.82) is 0 Å². The van der Waals surface area contributed by atoms with Gasteiger partial charge in [-0.05, 0) is 46.5 Å². The van der Waals surface area contributed by atoms with Gasteiger partial charge in [0.1, 0.15) is 0 Å². The molecule has 0 aliphatic heterocycles. The van der Waals surface area contributed by atoms with Gasteiger partial charge in [0, 0.05) is 13.2 Å². The van der Waals surface area contributed by atoms with Crippen molar-refractivity contribution in [3.05, 3.63) is 0 Å². The average Bonchev–Trinajstić information content (AvgIpc) is 2.17. The van der Waals surface area contributed by atoms with Crippen molar-refractivity contribution in [3.8, 4) is 0 Å². The lowest BCUT2D eigenvalue weighted by atomic mass is 9.99. The van der Waals surface area contributed by atoms with Crippen LogP contribution in [-0.2, 0) is 4.74 Å². The van der Waals surface area contributed by atoms with Crippen molar-refractivity contribution in [2.24, 2.45) is 5.73 Å². The molecule has 0 aromatic rings. The molecule has 15 heavy (non-hydrogen) atoms. The molecule has 0 heterocycles. The SMILES string of the molecule is CCC(C)(C)OCCCCC(C)(O)CN. The zero-order chi connectivity index (χ0) is 11.9. The monoisotopic (exact) mass is 217 g/mol. The smallest absolute Gasteiger partial charge is 0.0741 e. The molecule has 0 radical (unpaired) electrons. The highest BCUT2D eigenvalue weighted by Crippen LogP contribution is 2.16. The number of hydrogen-bond acceptors (Lipinski definition) is 3. The van der Waals surface area contributed by atoms with E-state index in [1.807, 2.05) is 0 Å². The molecule has 92 valence electrons. The van der Waals surface area contributed by atoms with E-state index in [9.17, 15) is 5.11 Å². The fraction of sp³-hybridized carbons (Fsp3) is 1.00. The van der Waals surface area contributed by atoms with Crippen LogP contribution in [-0.4, -0.2) is 29.5 Å². The van der Waals surface area contributed by atoms with Gasteiger partial charge < -0.3 is 15.6 Å². The summed E-state index contributed by atoms with van der Waals surface area (Å²) < 4.78 is 5.71. The van der Waals surface area contributed by atoms with Crippen molar-refractivity contribution < 1.29 is 9.84 Å². The van der Waals surface area contributed by atoms with Crippen molar-refractivity contribution in [3.63, 3.8) is 0 Å². The summed E-state index contributed by atoms with van der Waals surface area (Å²) in [6.45, 7) is 9.20. The first kappa shape index (κ1) is 14.9. The van der Waals surface area contributed by atoms with Crippen LogP contribution in [0.25, 0.3) is 0 Å². The predicted octanol–water partition coefficient (Wildman–Crippen LogP) is 2.07. The zero-order valence-electron chi connectivity index (χ0n) is 10.7. The van der Waals surface area contributed by atoms with Gasteiger partial charge in [-0.1, -0.05) is 6.92 Å².